The van der Waals surface area contributed by atoms with Crippen molar-refractivity contribution in [3.8, 4) is 0 Å². The van der Waals surface area contributed by atoms with Gasteiger partial charge in [0.05, 0.1) is 21.5 Å². The highest BCUT2D eigenvalue weighted by molar-refractivity contribution is 7.22. The molecule has 0 bridgehead atoms. The Bertz CT molecular complexity index is 1050. The number of ketones is 1. The van der Waals surface area contributed by atoms with E-state index in [2.05, 4.69) is 31.7 Å². The lowest BCUT2D eigenvalue weighted by atomic mass is 9.86. The van der Waals surface area contributed by atoms with Crippen LogP contribution in [-0.2, 0) is 4.79 Å². The van der Waals surface area contributed by atoms with Crippen molar-refractivity contribution in [3.63, 3.8) is 0 Å². The van der Waals surface area contributed by atoms with Crippen molar-refractivity contribution in [1.82, 2.24) is 15.3 Å². The van der Waals surface area contributed by atoms with Crippen LogP contribution >= 0.6 is 11.3 Å². The number of nitrogens with zero attached hydrogens (tertiary/aromatic N) is 2. The monoisotopic (exact) mass is 376 g/mol. The van der Waals surface area contributed by atoms with Gasteiger partial charge in [0.25, 0.3) is 5.13 Å². The van der Waals surface area contributed by atoms with Crippen LogP contribution in [0.25, 0.3) is 10.2 Å². The van der Waals surface area contributed by atoms with Gasteiger partial charge in [0, 0.05) is 30.8 Å². The predicted molar refractivity (Wildman–Crippen MR) is 105 cm³/mol. The summed E-state index contributed by atoms with van der Waals surface area (Å²) in [4.78, 5) is 24.9. The normalized spacial score (nSPS) is 19.5. The maximum Gasteiger partial charge on any atom is 0.355 e. The standard InChI is InChI=1S/C20H17N5OS/c26-15-8-3-7-14-17(15)18(12-5-4-10-21-11-12)24-19(22-14)25-20-23-13-6-1-2-9-16(13)27-20/h1-2,4-6,9-11,18H,3,7-8H2,(H2,22,23,24,25)/p+1/t18-/m1/s1. The number of carbonyl (C=O) groups is 1. The zero-order valence-electron chi connectivity index (χ0n) is 14.5. The van der Waals surface area contributed by atoms with Gasteiger partial charge in [-0.1, -0.05) is 29.5 Å². The quantitative estimate of drug-likeness (QED) is 0.636. The summed E-state index contributed by atoms with van der Waals surface area (Å²) in [6.07, 6.45) is 5.89. The fourth-order valence-electron chi connectivity index (χ4n) is 3.63. The fraction of sp³-hybridized carbons (Fsp3) is 0.200. The number of anilines is 1. The Morgan fingerprint density at radius 3 is 2.96 bits per heavy atom. The second kappa shape index (κ2) is 6.59. The number of fused-ring (bicyclic) bond motifs is 1. The van der Waals surface area contributed by atoms with Gasteiger partial charge in [-0.25, -0.2) is 15.6 Å². The summed E-state index contributed by atoms with van der Waals surface area (Å²) in [5.41, 5.74) is 3.76. The van der Waals surface area contributed by atoms with Crippen LogP contribution < -0.4 is 15.6 Å². The number of allylic oxidation sites excluding steroid dienone is 1. The van der Waals surface area contributed by atoms with E-state index >= 15 is 0 Å². The number of para-hydroxylation sites is 1. The van der Waals surface area contributed by atoms with Crippen LogP contribution in [0.5, 0.6) is 0 Å². The minimum absolute atomic E-state index is 0.198. The van der Waals surface area contributed by atoms with Gasteiger partial charge in [-0.3, -0.25) is 14.8 Å². The zero-order chi connectivity index (χ0) is 18.2. The van der Waals surface area contributed by atoms with Crippen molar-refractivity contribution in [1.29, 1.82) is 0 Å². The van der Waals surface area contributed by atoms with Crippen molar-refractivity contribution in [3.05, 3.63) is 65.6 Å². The Kier molecular flexibility index (Phi) is 3.94. The highest BCUT2D eigenvalue weighted by Gasteiger charge is 2.36. The molecule has 5 rings (SSSR count). The summed E-state index contributed by atoms with van der Waals surface area (Å²) in [7, 11) is 0. The summed E-state index contributed by atoms with van der Waals surface area (Å²) in [6.45, 7) is 0. The average Bonchev–Trinajstić information content (AvgIpc) is 3.10. The number of guanidine groups is 1. The fourth-order valence-corrected chi connectivity index (χ4v) is 4.50. The van der Waals surface area contributed by atoms with E-state index in [-0.39, 0.29) is 11.8 Å². The molecule has 1 aliphatic carbocycles. The molecule has 7 heteroatoms. The first-order valence-electron chi connectivity index (χ1n) is 8.97. The molecule has 3 aromatic rings. The number of hydrogen-bond acceptors (Lipinski definition) is 6. The van der Waals surface area contributed by atoms with E-state index in [1.165, 1.54) is 0 Å². The second-order valence-electron chi connectivity index (χ2n) is 6.64. The Hall–Kier alpha value is -3.06. The Balaban J connectivity index is 1.52. The highest BCUT2D eigenvalue weighted by atomic mass is 32.1. The topological polar surface area (TPSA) is 80.9 Å². The Morgan fingerprint density at radius 1 is 1.19 bits per heavy atom. The van der Waals surface area contributed by atoms with E-state index in [9.17, 15) is 4.79 Å². The summed E-state index contributed by atoms with van der Waals surface area (Å²) >= 11 is 1.60. The molecule has 0 saturated carbocycles. The first kappa shape index (κ1) is 16.1. The summed E-state index contributed by atoms with van der Waals surface area (Å²) in [6, 6.07) is 11.7. The van der Waals surface area contributed by atoms with E-state index < -0.39 is 0 Å². The Labute approximate surface area is 160 Å². The zero-order valence-corrected chi connectivity index (χ0v) is 15.3. The largest absolute Gasteiger partial charge is 0.355 e. The highest BCUT2D eigenvalue weighted by Crippen LogP contribution is 2.30. The van der Waals surface area contributed by atoms with Crippen LogP contribution in [0.3, 0.4) is 0 Å². The van der Waals surface area contributed by atoms with Gasteiger partial charge in [0.1, 0.15) is 6.04 Å². The number of rotatable bonds is 2. The van der Waals surface area contributed by atoms with Gasteiger partial charge in [-0.15, -0.1) is 0 Å². The second-order valence-corrected chi connectivity index (χ2v) is 7.68. The molecular weight excluding hydrogens is 358 g/mol. The minimum atomic E-state index is -0.209. The number of carbonyl (C=O) groups excluding carboxylic acids is 1. The first-order chi connectivity index (χ1) is 13.3. The van der Waals surface area contributed by atoms with Crippen molar-refractivity contribution in [2.24, 2.45) is 0 Å². The number of Topliss-reactive ketones (excluding diaryl/α,β-unsaturated/α-hetero) is 1. The summed E-state index contributed by atoms with van der Waals surface area (Å²) in [5, 5.41) is 7.54. The van der Waals surface area contributed by atoms with Crippen LogP contribution in [0.2, 0.25) is 0 Å². The minimum Gasteiger partial charge on any atom is -0.294 e. The van der Waals surface area contributed by atoms with E-state index in [4.69, 9.17) is 0 Å². The molecule has 6 nitrogen and oxygen atoms in total. The van der Waals surface area contributed by atoms with Gasteiger partial charge < -0.3 is 0 Å². The van der Waals surface area contributed by atoms with Crippen LogP contribution in [0.1, 0.15) is 30.9 Å². The maximum atomic E-state index is 12.6. The van der Waals surface area contributed by atoms with Gasteiger partial charge >= 0.3 is 5.96 Å². The molecule has 0 unspecified atom stereocenters. The van der Waals surface area contributed by atoms with Crippen LogP contribution in [0, 0.1) is 0 Å². The van der Waals surface area contributed by atoms with Crippen LogP contribution in [-0.4, -0.2) is 21.7 Å². The van der Waals surface area contributed by atoms with Crippen LogP contribution in [0.15, 0.2) is 60.1 Å². The van der Waals surface area contributed by atoms with Crippen molar-refractivity contribution >= 4 is 38.4 Å². The molecule has 27 heavy (non-hydrogen) atoms. The van der Waals surface area contributed by atoms with Gasteiger partial charge in [-0.2, -0.15) is 0 Å². The molecule has 3 N–H and O–H groups in total. The third-order valence-corrected chi connectivity index (χ3v) is 5.80. The van der Waals surface area contributed by atoms with E-state index in [0.29, 0.717) is 6.42 Å². The number of pyridine rings is 1. The first-order valence-corrected chi connectivity index (χ1v) is 9.79. The number of nitrogens with one attached hydrogen (secondary N) is 3. The smallest absolute Gasteiger partial charge is 0.294 e. The number of thiazole rings is 1. The van der Waals surface area contributed by atoms with Crippen molar-refractivity contribution in [2.45, 2.75) is 25.3 Å². The van der Waals surface area contributed by atoms with Gasteiger partial charge in [0.15, 0.2) is 5.78 Å². The summed E-state index contributed by atoms with van der Waals surface area (Å²) < 4.78 is 1.13. The molecule has 2 aliphatic rings. The molecular formula is C20H18N5OS+. The van der Waals surface area contributed by atoms with Gasteiger partial charge in [0.2, 0.25) is 0 Å². The number of aromatic nitrogens is 2. The van der Waals surface area contributed by atoms with E-state index in [1.54, 1.807) is 17.5 Å². The lowest BCUT2D eigenvalue weighted by molar-refractivity contribution is -0.501. The SMILES string of the molecule is O=C1CCCC2=C1[C@@H](c1cccnc1)[NH+]=C(Nc1nc3ccccc3s1)N2. The van der Waals surface area contributed by atoms with Gasteiger partial charge in [-0.05, 0) is 24.6 Å². The third kappa shape index (κ3) is 3.00. The molecule has 0 spiro atoms. The molecule has 0 radical (unpaired) electrons. The van der Waals surface area contributed by atoms with E-state index in [1.807, 2.05) is 36.5 Å². The number of hydrogen-bond donors (Lipinski definition) is 3. The predicted octanol–water partition coefficient (Wildman–Crippen LogP) is 1.89. The molecule has 0 saturated heterocycles. The molecule has 2 aromatic heterocycles. The van der Waals surface area contributed by atoms with Crippen molar-refractivity contribution < 1.29 is 9.79 Å². The molecule has 1 aliphatic heterocycles. The molecule has 0 amide bonds. The lowest BCUT2D eigenvalue weighted by Gasteiger charge is -2.26. The van der Waals surface area contributed by atoms with E-state index in [0.717, 1.165) is 51.0 Å². The molecule has 3 heterocycles. The molecule has 0 fully saturated rings. The Morgan fingerprint density at radius 2 is 2.11 bits per heavy atom. The van der Waals surface area contributed by atoms with Crippen molar-refractivity contribution in [2.75, 3.05) is 5.32 Å². The maximum absolute atomic E-state index is 12.6. The molecule has 1 atom stereocenters. The number of benzene rings is 1. The molecule has 1 aromatic carbocycles. The van der Waals surface area contributed by atoms with Crippen LogP contribution in [0.4, 0.5) is 5.13 Å². The average molecular weight is 376 g/mol. The lowest BCUT2D eigenvalue weighted by Crippen LogP contribution is -2.82. The molecule has 134 valence electrons. The third-order valence-electron chi connectivity index (χ3n) is 4.85. The summed E-state index contributed by atoms with van der Waals surface area (Å²) in [5.74, 6) is 0.945.